The highest BCUT2D eigenvalue weighted by atomic mass is 127. The molecule has 0 aliphatic rings. The average Bonchev–Trinajstić information content (AvgIpc) is 1.95. The van der Waals surface area contributed by atoms with Crippen LogP contribution >= 0.6 is 22.6 Å². The molecule has 0 bridgehead atoms. The number of pyridine rings is 1. The zero-order valence-corrected chi connectivity index (χ0v) is 7.71. The van der Waals surface area contributed by atoms with Crippen LogP contribution in [0.2, 0.25) is 0 Å². The van der Waals surface area contributed by atoms with E-state index in [1.807, 2.05) is 22.6 Å². The Kier molecular flexibility index (Phi) is 2.92. The van der Waals surface area contributed by atoms with Crippen LogP contribution in [-0.2, 0) is 11.2 Å². The molecule has 1 aromatic heterocycles. The van der Waals surface area contributed by atoms with E-state index in [-0.39, 0.29) is 12.2 Å². The first kappa shape index (κ1) is 8.58. The predicted molar refractivity (Wildman–Crippen MR) is 46.7 cm³/mol. The second-order valence-electron chi connectivity index (χ2n) is 1.95. The Hall–Kier alpha value is -0.520. The minimum absolute atomic E-state index is 0.249. The van der Waals surface area contributed by atoms with Crippen molar-refractivity contribution in [2.45, 2.75) is 6.42 Å². The first-order chi connectivity index (χ1) is 5.24. The molecule has 0 unspecified atom stereocenters. The lowest BCUT2D eigenvalue weighted by Crippen LogP contribution is -1.95. The average molecular weight is 265 g/mol. The van der Waals surface area contributed by atoms with Gasteiger partial charge >= 0.3 is 0 Å². The van der Waals surface area contributed by atoms with Gasteiger partial charge in [0, 0.05) is 9.99 Å². The molecule has 0 saturated heterocycles. The van der Waals surface area contributed by atoms with Crippen molar-refractivity contribution in [3.63, 3.8) is 0 Å². The van der Waals surface area contributed by atoms with E-state index in [4.69, 9.17) is 0 Å². The summed E-state index contributed by atoms with van der Waals surface area (Å²) in [6.45, 7) is 0. The first-order valence-electron chi connectivity index (χ1n) is 2.97. The molecule has 11 heavy (non-hydrogen) atoms. The molecular weight excluding hydrogens is 260 g/mol. The third-order valence-electron chi connectivity index (χ3n) is 1.16. The maximum absolute atomic E-state index is 12.4. The van der Waals surface area contributed by atoms with Crippen molar-refractivity contribution in [1.82, 2.24) is 4.98 Å². The molecule has 0 atom stereocenters. The largest absolute Gasteiger partial charge is 0.303 e. The van der Waals surface area contributed by atoms with E-state index >= 15 is 0 Å². The normalized spacial score (nSPS) is 9.64. The van der Waals surface area contributed by atoms with Gasteiger partial charge in [-0.15, -0.1) is 0 Å². The molecule has 1 rings (SSSR count). The molecule has 0 aliphatic heterocycles. The topological polar surface area (TPSA) is 30.0 Å². The van der Waals surface area contributed by atoms with Crippen LogP contribution in [0.3, 0.4) is 0 Å². The summed E-state index contributed by atoms with van der Waals surface area (Å²) < 4.78 is 13.1. The molecule has 0 amide bonds. The summed E-state index contributed by atoms with van der Waals surface area (Å²) in [4.78, 5) is 13.8. The predicted octanol–water partition coefficient (Wildman–Crippen LogP) is 1.57. The van der Waals surface area contributed by atoms with E-state index in [1.165, 1.54) is 6.07 Å². The van der Waals surface area contributed by atoms with Gasteiger partial charge in [-0.25, -0.2) is 4.39 Å². The van der Waals surface area contributed by atoms with Crippen LogP contribution in [0.1, 0.15) is 5.69 Å². The van der Waals surface area contributed by atoms with Crippen LogP contribution in [0.4, 0.5) is 4.39 Å². The lowest BCUT2D eigenvalue weighted by molar-refractivity contribution is -0.107. The lowest BCUT2D eigenvalue weighted by Gasteiger charge is -1.97. The Labute approximate surface area is 77.0 Å². The number of halogens is 2. The molecular formula is C7H5FINO. The molecule has 0 spiro atoms. The molecule has 2 nitrogen and oxygen atoms in total. The number of aromatic nitrogens is 1. The number of carbonyl (C=O) groups excluding carboxylic acids is 1. The Balaban J connectivity index is 2.98. The summed E-state index contributed by atoms with van der Waals surface area (Å²) in [7, 11) is 0. The van der Waals surface area contributed by atoms with Crippen molar-refractivity contribution in [3.8, 4) is 0 Å². The highest BCUT2D eigenvalue weighted by Crippen LogP contribution is 2.10. The fourth-order valence-corrected chi connectivity index (χ4v) is 1.33. The van der Waals surface area contributed by atoms with E-state index in [2.05, 4.69) is 4.98 Å². The highest BCUT2D eigenvalue weighted by Gasteiger charge is 2.00. The SMILES string of the molecule is O=CCc1ncc(F)cc1I. The first-order valence-corrected chi connectivity index (χ1v) is 4.05. The van der Waals surface area contributed by atoms with E-state index in [9.17, 15) is 9.18 Å². The zero-order chi connectivity index (χ0) is 8.27. The van der Waals surface area contributed by atoms with Crippen LogP contribution in [0.25, 0.3) is 0 Å². The summed E-state index contributed by atoms with van der Waals surface area (Å²) in [5.74, 6) is -0.371. The Morgan fingerprint density at radius 3 is 3.00 bits per heavy atom. The van der Waals surface area contributed by atoms with E-state index in [0.717, 1.165) is 12.5 Å². The van der Waals surface area contributed by atoms with Crippen LogP contribution in [0.15, 0.2) is 12.3 Å². The fraction of sp³-hybridized carbons (Fsp3) is 0.143. The van der Waals surface area contributed by atoms with Gasteiger partial charge in [-0.3, -0.25) is 4.98 Å². The lowest BCUT2D eigenvalue weighted by atomic mass is 10.3. The van der Waals surface area contributed by atoms with E-state index in [1.54, 1.807) is 0 Å². The molecule has 4 heteroatoms. The monoisotopic (exact) mass is 265 g/mol. The number of rotatable bonds is 2. The van der Waals surface area contributed by atoms with Gasteiger partial charge in [-0.2, -0.15) is 0 Å². The van der Waals surface area contributed by atoms with Crippen LogP contribution in [0.5, 0.6) is 0 Å². The standard InChI is InChI=1S/C7H5FINO/c8-5-3-6(9)7(1-2-11)10-4-5/h2-4H,1H2. The molecule has 1 aromatic rings. The summed E-state index contributed by atoms with van der Waals surface area (Å²) in [5, 5.41) is 0. The van der Waals surface area contributed by atoms with E-state index < -0.39 is 0 Å². The number of nitrogens with zero attached hydrogens (tertiary/aromatic N) is 1. The van der Waals surface area contributed by atoms with Crippen molar-refractivity contribution in [2.24, 2.45) is 0 Å². The van der Waals surface area contributed by atoms with Gasteiger partial charge in [-0.05, 0) is 28.7 Å². The van der Waals surface area contributed by atoms with Gasteiger partial charge in [-0.1, -0.05) is 0 Å². The van der Waals surface area contributed by atoms with Crippen LogP contribution < -0.4 is 0 Å². The summed E-state index contributed by atoms with van der Waals surface area (Å²) in [6.07, 6.45) is 2.11. The van der Waals surface area contributed by atoms with E-state index in [0.29, 0.717) is 9.26 Å². The molecule has 0 saturated carbocycles. The number of hydrogen-bond donors (Lipinski definition) is 0. The van der Waals surface area contributed by atoms with Crippen LogP contribution in [0, 0.1) is 9.39 Å². The maximum atomic E-state index is 12.4. The minimum atomic E-state index is -0.371. The molecule has 0 fully saturated rings. The second kappa shape index (κ2) is 3.75. The van der Waals surface area contributed by atoms with Crippen LogP contribution in [-0.4, -0.2) is 11.3 Å². The Morgan fingerprint density at radius 2 is 2.45 bits per heavy atom. The van der Waals surface area contributed by atoms with Gasteiger partial charge < -0.3 is 4.79 Å². The second-order valence-corrected chi connectivity index (χ2v) is 3.12. The van der Waals surface area contributed by atoms with Crippen molar-refractivity contribution >= 4 is 28.9 Å². The Bertz CT molecular complexity index is 277. The van der Waals surface area contributed by atoms with Crippen molar-refractivity contribution in [2.75, 3.05) is 0 Å². The number of aldehydes is 1. The Morgan fingerprint density at radius 1 is 1.73 bits per heavy atom. The number of carbonyl (C=O) groups is 1. The van der Waals surface area contributed by atoms with Crippen molar-refractivity contribution in [3.05, 3.63) is 27.3 Å². The van der Waals surface area contributed by atoms with Gasteiger partial charge in [0.15, 0.2) is 0 Å². The molecule has 0 radical (unpaired) electrons. The van der Waals surface area contributed by atoms with Crippen molar-refractivity contribution in [1.29, 1.82) is 0 Å². The summed E-state index contributed by atoms with van der Waals surface area (Å²) in [6, 6.07) is 1.35. The molecule has 58 valence electrons. The molecule has 1 heterocycles. The van der Waals surface area contributed by atoms with Crippen molar-refractivity contribution < 1.29 is 9.18 Å². The minimum Gasteiger partial charge on any atom is -0.303 e. The fourth-order valence-electron chi connectivity index (χ4n) is 0.672. The molecule has 0 aromatic carbocycles. The van der Waals surface area contributed by atoms with Gasteiger partial charge in [0.2, 0.25) is 0 Å². The smallest absolute Gasteiger partial charge is 0.142 e. The zero-order valence-electron chi connectivity index (χ0n) is 5.55. The molecule has 0 N–H and O–H groups in total. The quantitative estimate of drug-likeness (QED) is 0.600. The highest BCUT2D eigenvalue weighted by molar-refractivity contribution is 14.1. The molecule has 0 aliphatic carbocycles. The summed E-state index contributed by atoms with van der Waals surface area (Å²) >= 11 is 1.95. The third kappa shape index (κ3) is 2.21. The van der Waals surface area contributed by atoms with Gasteiger partial charge in [0.25, 0.3) is 0 Å². The summed E-state index contributed by atoms with van der Waals surface area (Å²) in [5.41, 5.74) is 0.627. The number of hydrogen-bond acceptors (Lipinski definition) is 2. The van der Waals surface area contributed by atoms with Gasteiger partial charge in [0.05, 0.1) is 11.9 Å². The van der Waals surface area contributed by atoms with Gasteiger partial charge in [0.1, 0.15) is 12.1 Å². The maximum Gasteiger partial charge on any atom is 0.142 e. The third-order valence-corrected chi connectivity index (χ3v) is 2.09.